The summed E-state index contributed by atoms with van der Waals surface area (Å²) in [6.45, 7) is 0. The van der Waals surface area contributed by atoms with Crippen molar-refractivity contribution in [1.82, 2.24) is 14.3 Å². The number of halogens is 1. The first-order valence-corrected chi connectivity index (χ1v) is 14.4. The zero-order valence-corrected chi connectivity index (χ0v) is 20.7. The van der Waals surface area contributed by atoms with Crippen LogP contribution < -0.4 is 4.72 Å². The zero-order chi connectivity index (χ0) is 24.7. The average Bonchev–Trinajstić information content (AvgIpc) is 3.45. The van der Waals surface area contributed by atoms with Crippen LogP contribution in [0.15, 0.2) is 66.0 Å². The molecule has 4 aliphatic carbocycles. The largest absolute Gasteiger partial charge is 0.392 e. The molecule has 5 aliphatic rings. The summed E-state index contributed by atoms with van der Waals surface area (Å²) >= 11 is 0. The summed E-state index contributed by atoms with van der Waals surface area (Å²) in [7, 11) is -3.59. The number of rotatable bonds is 6. The highest BCUT2D eigenvalue weighted by molar-refractivity contribution is 7.89. The van der Waals surface area contributed by atoms with Gasteiger partial charge < -0.3 is 9.67 Å². The Morgan fingerprint density at radius 3 is 2.58 bits per heavy atom. The molecule has 6 nitrogen and oxygen atoms in total. The Kier molecular flexibility index (Phi) is 5.01. The molecule has 0 amide bonds. The lowest BCUT2D eigenvalue weighted by Gasteiger charge is -2.61. The molecule has 4 atom stereocenters. The van der Waals surface area contributed by atoms with Crippen LogP contribution in [-0.4, -0.2) is 35.2 Å². The molecular formula is C28H30FN3O3S. The number of hydrogen-bond acceptors (Lipinski definition) is 4. The van der Waals surface area contributed by atoms with E-state index in [9.17, 15) is 17.9 Å². The van der Waals surface area contributed by atoms with Crippen molar-refractivity contribution in [3.05, 3.63) is 72.4 Å². The molecule has 4 saturated carbocycles. The van der Waals surface area contributed by atoms with Crippen molar-refractivity contribution >= 4 is 10.0 Å². The van der Waals surface area contributed by atoms with Gasteiger partial charge in [0.2, 0.25) is 10.0 Å². The van der Waals surface area contributed by atoms with Gasteiger partial charge in [0, 0.05) is 17.2 Å². The van der Waals surface area contributed by atoms with Crippen molar-refractivity contribution in [2.45, 2.75) is 61.6 Å². The second-order valence-corrected chi connectivity index (χ2v) is 13.2. The van der Waals surface area contributed by atoms with Crippen molar-refractivity contribution < 1.29 is 17.9 Å². The van der Waals surface area contributed by atoms with Gasteiger partial charge in [-0.1, -0.05) is 30.3 Å². The van der Waals surface area contributed by atoms with Gasteiger partial charge in [-0.2, -0.15) is 0 Å². The van der Waals surface area contributed by atoms with Crippen molar-refractivity contribution in [2.75, 3.05) is 0 Å². The number of nitrogens with one attached hydrogen (secondary N) is 1. The maximum Gasteiger partial charge on any atom is 0.240 e. The van der Waals surface area contributed by atoms with E-state index < -0.39 is 16.1 Å². The first kappa shape index (κ1) is 22.6. The van der Waals surface area contributed by atoms with E-state index in [-0.39, 0.29) is 35.2 Å². The lowest BCUT2D eigenvalue weighted by molar-refractivity contribution is -0.134. The number of aliphatic hydroxyl groups is 1. The second-order valence-electron chi connectivity index (χ2n) is 11.4. The minimum absolute atomic E-state index is 0.100. The topological polar surface area (TPSA) is 84.2 Å². The molecule has 1 aliphatic heterocycles. The summed E-state index contributed by atoms with van der Waals surface area (Å²) in [5.41, 5.74) is 2.14. The Hall–Kier alpha value is -2.55. The Bertz CT molecular complexity index is 1410. The smallest absolute Gasteiger partial charge is 0.240 e. The quantitative estimate of drug-likeness (QED) is 0.514. The number of nitrogens with zero attached hydrogens (tertiary/aromatic N) is 2. The van der Waals surface area contributed by atoms with Crippen LogP contribution in [0.3, 0.4) is 0 Å². The molecule has 0 saturated heterocycles. The van der Waals surface area contributed by atoms with Crippen LogP contribution >= 0.6 is 0 Å². The molecule has 188 valence electrons. The number of aromatic nitrogens is 2. The van der Waals surface area contributed by atoms with E-state index in [1.165, 1.54) is 6.07 Å². The van der Waals surface area contributed by atoms with Gasteiger partial charge in [0.15, 0.2) is 0 Å². The summed E-state index contributed by atoms with van der Waals surface area (Å²) in [5, 5.41) is 11.8. The number of imidazole rings is 1. The van der Waals surface area contributed by atoms with Crippen LogP contribution in [0.1, 0.15) is 50.1 Å². The van der Waals surface area contributed by atoms with Gasteiger partial charge >= 0.3 is 0 Å². The molecule has 0 radical (unpaired) electrons. The minimum Gasteiger partial charge on any atom is -0.392 e. The zero-order valence-electron chi connectivity index (χ0n) is 19.9. The maximum absolute atomic E-state index is 15.0. The van der Waals surface area contributed by atoms with E-state index in [2.05, 4.69) is 9.71 Å². The van der Waals surface area contributed by atoms with E-state index in [1.54, 1.807) is 42.9 Å². The highest BCUT2D eigenvalue weighted by atomic mass is 32.2. The summed E-state index contributed by atoms with van der Waals surface area (Å²) in [4.78, 5) is 4.58. The number of benzene rings is 2. The van der Waals surface area contributed by atoms with E-state index in [1.807, 2.05) is 16.7 Å². The number of hydrogen-bond donors (Lipinski definition) is 2. The van der Waals surface area contributed by atoms with Gasteiger partial charge in [-0.05, 0) is 79.9 Å². The van der Waals surface area contributed by atoms with Crippen LogP contribution in [0.25, 0.3) is 11.3 Å². The SMILES string of the molecule is O=S(=O)(NC1C2CC3CC1CC(C(O)CC1c4c(F)cccc4-c4cncn41)(C3)C2)c1ccccc1. The molecule has 3 aromatic rings. The van der Waals surface area contributed by atoms with E-state index in [0.717, 1.165) is 43.4 Å². The molecule has 4 fully saturated rings. The molecule has 4 bridgehead atoms. The Labute approximate surface area is 210 Å². The first-order chi connectivity index (χ1) is 17.3. The molecule has 1 aromatic heterocycles. The standard InChI is InChI=1S/C28H30FN3O3S/c29-22-8-4-7-21-24-15-30-16-32(24)23(26(21)22)11-25(33)28-12-17-9-18(13-28)27(19(10-17)14-28)31-36(34,35)20-5-2-1-3-6-20/h1-8,15-19,23,25,27,31,33H,9-14H2. The van der Waals surface area contributed by atoms with Gasteiger partial charge in [-0.15, -0.1) is 0 Å². The monoisotopic (exact) mass is 507 g/mol. The predicted octanol–water partition coefficient (Wildman–Crippen LogP) is 4.52. The molecule has 36 heavy (non-hydrogen) atoms. The van der Waals surface area contributed by atoms with Crippen molar-refractivity contribution in [3.8, 4) is 11.3 Å². The fraction of sp³-hybridized carbons (Fsp3) is 0.464. The third kappa shape index (κ3) is 3.34. The molecule has 0 spiro atoms. The predicted molar refractivity (Wildman–Crippen MR) is 133 cm³/mol. The Morgan fingerprint density at radius 1 is 1.08 bits per heavy atom. The molecule has 2 heterocycles. The average molecular weight is 508 g/mol. The van der Waals surface area contributed by atoms with Gasteiger partial charge in [-0.25, -0.2) is 22.5 Å². The summed E-state index contributed by atoms with van der Waals surface area (Å²) in [6, 6.07) is 13.3. The van der Waals surface area contributed by atoms with E-state index in [4.69, 9.17) is 0 Å². The highest BCUT2D eigenvalue weighted by Gasteiger charge is 2.58. The lowest BCUT2D eigenvalue weighted by atomic mass is 9.46. The van der Waals surface area contributed by atoms with Gasteiger partial charge in [-0.3, -0.25) is 0 Å². The van der Waals surface area contributed by atoms with Crippen LogP contribution in [-0.2, 0) is 10.0 Å². The summed E-state index contributed by atoms with van der Waals surface area (Å²) in [5.74, 6) is 0.682. The first-order valence-electron chi connectivity index (χ1n) is 12.9. The normalized spacial score (nSPS) is 32.9. The van der Waals surface area contributed by atoms with Crippen LogP contribution in [0.5, 0.6) is 0 Å². The Morgan fingerprint density at radius 2 is 1.83 bits per heavy atom. The maximum atomic E-state index is 15.0. The summed E-state index contributed by atoms with van der Waals surface area (Å²) in [6.07, 6.45) is 7.91. The third-order valence-electron chi connectivity index (χ3n) is 9.48. The summed E-state index contributed by atoms with van der Waals surface area (Å²) < 4.78 is 46.2. The van der Waals surface area contributed by atoms with Crippen molar-refractivity contribution in [2.24, 2.45) is 23.2 Å². The third-order valence-corrected chi connectivity index (χ3v) is 11.0. The van der Waals surface area contributed by atoms with Crippen LogP contribution in [0.2, 0.25) is 0 Å². The van der Waals surface area contributed by atoms with Gasteiger partial charge in [0.05, 0.1) is 35.3 Å². The van der Waals surface area contributed by atoms with E-state index >= 15 is 0 Å². The van der Waals surface area contributed by atoms with Crippen molar-refractivity contribution in [3.63, 3.8) is 0 Å². The fourth-order valence-corrected chi connectivity index (χ4v) is 9.62. The number of fused-ring (bicyclic) bond motifs is 3. The second kappa shape index (κ2) is 7.97. The number of sulfonamides is 1. The molecule has 2 N–H and O–H groups in total. The van der Waals surface area contributed by atoms with Crippen molar-refractivity contribution in [1.29, 1.82) is 0 Å². The van der Waals surface area contributed by atoms with Crippen LogP contribution in [0, 0.1) is 29.0 Å². The van der Waals surface area contributed by atoms with Crippen LogP contribution in [0.4, 0.5) is 4.39 Å². The van der Waals surface area contributed by atoms with E-state index in [0.29, 0.717) is 22.8 Å². The highest BCUT2D eigenvalue weighted by Crippen LogP contribution is 2.62. The Balaban J connectivity index is 1.15. The van der Waals surface area contributed by atoms with Gasteiger partial charge in [0.1, 0.15) is 5.82 Å². The lowest BCUT2D eigenvalue weighted by Crippen LogP contribution is -2.61. The molecular weight excluding hydrogens is 477 g/mol. The number of aliphatic hydroxyl groups excluding tert-OH is 1. The molecule has 8 rings (SSSR count). The minimum atomic E-state index is -3.59. The molecule has 4 unspecified atom stereocenters. The molecule has 2 aromatic carbocycles. The fourth-order valence-electron chi connectivity index (χ4n) is 8.23. The molecule has 8 heteroatoms. The van der Waals surface area contributed by atoms with Gasteiger partial charge in [0.25, 0.3) is 0 Å².